The van der Waals surface area contributed by atoms with Gasteiger partial charge in [-0.1, -0.05) is 55.8 Å². The van der Waals surface area contributed by atoms with Crippen molar-refractivity contribution in [3.05, 3.63) is 70.3 Å². The van der Waals surface area contributed by atoms with E-state index in [1.165, 1.54) is 55.2 Å². The Morgan fingerprint density at radius 3 is 2.71 bits per heavy atom. The third kappa shape index (κ3) is 3.89. The van der Waals surface area contributed by atoms with Gasteiger partial charge in [0.25, 0.3) is 0 Å². The fraction of sp³-hybridized carbons (Fsp3) is 0.478. The molecule has 2 aromatic rings. The lowest BCUT2D eigenvalue weighted by atomic mass is 9.79. The third-order valence-electron chi connectivity index (χ3n) is 5.72. The highest BCUT2D eigenvalue weighted by Crippen LogP contribution is 2.31. The van der Waals surface area contributed by atoms with Gasteiger partial charge in [0.05, 0.1) is 0 Å². The molecule has 0 aliphatic heterocycles. The minimum atomic E-state index is 0.532. The smallest absolute Gasteiger partial charge is 0.000824 e. The van der Waals surface area contributed by atoms with Crippen LogP contribution in [0.2, 0.25) is 0 Å². The van der Waals surface area contributed by atoms with Crippen LogP contribution in [0.1, 0.15) is 59.9 Å². The van der Waals surface area contributed by atoms with Gasteiger partial charge in [-0.15, -0.1) is 0 Å². The van der Waals surface area contributed by atoms with Crippen molar-refractivity contribution in [3.8, 4) is 0 Å². The first-order chi connectivity index (χ1) is 11.7. The van der Waals surface area contributed by atoms with Crippen molar-refractivity contribution < 1.29 is 0 Å². The van der Waals surface area contributed by atoms with Crippen molar-refractivity contribution in [1.82, 2.24) is 0 Å². The van der Waals surface area contributed by atoms with Gasteiger partial charge in [0, 0.05) is 0 Å². The van der Waals surface area contributed by atoms with Gasteiger partial charge in [-0.3, -0.25) is 0 Å². The Balaban J connectivity index is 1.71. The third-order valence-corrected chi connectivity index (χ3v) is 5.72. The summed E-state index contributed by atoms with van der Waals surface area (Å²) in [6.45, 7) is 5.25. The van der Waals surface area contributed by atoms with E-state index in [1.807, 2.05) is 0 Å². The first kappa shape index (κ1) is 17.2. The molecule has 2 N–H and O–H groups in total. The predicted octanol–water partition coefficient (Wildman–Crippen LogP) is 5.19. The molecule has 2 atom stereocenters. The van der Waals surface area contributed by atoms with Crippen molar-refractivity contribution in [1.29, 1.82) is 0 Å². The summed E-state index contributed by atoms with van der Waals surface area (Å²) in [7, 11) is 0. The molecule has 0 heterocycles. The molecule has 1 aliphatic rings. The average molecular weight is 322 g/mol. The number of benzene rings is 2. The summed E-state index contributed by atoms with van der Waals surface area (Å²) in [6, 6.07) is 16.0. The summed E-state index contributed by atoms with van der Waals surface area (Å²) in [4.78, 5) is 0. The Morgan fingerprint density at radius 1 is 1.12 bits per heavy atom. The maximum Gasteiger partial charge on any atom is -0.000824 e. The van der Waals surface area contributed by atoms with Gasteiger partial charge >= 0.3 is 0 Å². The minimum absolute atomic E-state index is 0.532. The fourth-order valence-corrected chi connectivity index (χ4v) is 4.20. The molecule has 0 bridgehead atoms. The molecule has 0 fully saturated rings. The van der Waals surface area contributed by atoms with Crippen molar-refractivity contribution in [2.24, 2.45) is 11.7 Å². The topological polar surface area (TPSA) is 26.0 Å². The second kappa shape index (κ2) is 7.98. The summed E-state index contributed by atoms with van der Waals surface area (Å²) >= 11 is 0. The largest absolute Gasteiger partial charge is 0.330 e. The molecule has 0 radical (unpaired) electrons. The Morgan fingerprint density at radius 2 is 1.96 bits per heavy atom. The van der Waals surface area contributed by atoms with Crippen LogP contribution in [0, 0.1) is 12.8 Å². The van der Waals surface area contributed by atoms with Crippen LogP contribution in [0.15, 0.2) is 42.5 Å². The molecule has 0 saturated heterocycles. The zero-order valence-corrected chi connectivity index (χ0v) is 15.2. The van der Waals surface area contributed by atoms with E-state index in [2.05, 4.69) is 56.3 Å². The Hall–Kier alpha value is -1.60. The molecule has 2 unspecified atom stereocenters. The van der Waals surface area contributed by atoms with Crippen LogP contribution in [0.3, 0.4) is 0 Å². The monoisotopic (exact) mass is 321 g/mol. The summed E-state index contributed by atoms with van der Waals surface area (Å²) in [6.07, 6.45) is 7.39. The number of nitrogens with two attached hydrogens (primary N) is 1. The molecule has 1 aliphatic carbocycles. The lowest BCUT2D eigenvalue weighted by Gasteiger charge is -2.27. The van der Waals surface area contributed by atoms with Gasteiger partial charge in [0.1, 0.15) is 0 Å². The molecule has 0 saturated carbocycles. The summed E-state index contributed by atoms with van der Waals surface area (Å²) in [5, 5.41) is 0. The molecule has 0 amide bonds. The van der Waals surface area contributed by atoms with Crippen LogP contribution < -0.4 is 5.73 Å². The highest BCUT2D eigenvalue weighted by molar-refractivity contribution is 5.36. The quantitative estimate of drug-likeness (QED) is 0.779. The van der Waals surface area contributed by atoms with E-state index < -0.39 is 0 Å². The Kier molecular flexibility index (Phi) is 5.73. The Bertz CT molecular complexity index is 673. The second-order valence-corrected chi connectivity index (χ2v) is 7.49. The summed E-state index contributed by atoms with van der Waals surface area (Å²) in [5.41, 5.74) is 13.5. The van der Waals surface area contributed by atoms with E-state index in [-0.39, 0.29) is 0 Å². The van der Waals surface area contributed by atoms with Gasteiger partial charge in [-0.05, 0) is 85.2 Å². The molecule has 0 aromatic heterocycles. The molecule has 128 valence electrons. The van der Waals surface area contributed by atoms with Gasteiger partial charge in [0.2, 0.25) is 0 Å². The van der Waals surface area contributed by atoms with E-state index in [0.29, 0.717) is 5.92 Å². The number of fused-ring (bicyclic) bond motifs is 1. The van der Waals surface area contributed by atoms with E-state index >= 15 is 0 Å². The van der Waals surface area contributed by atoms with Gasteiger partial charge < -0.3 is 5.73 Å². The number of hydrogen-bond donors (Lipinski definition) is 1. The molecule has 24 heavy (non-hydrogen) atoms. The van der Waals surface area contributed by atoms with Crippen LogP contribution in [0.5, 0.6) is 0 Å². The van der Waals surface area contributed by atoms with Gasteiger partial charge in [-0.2, -0.15) is 0 Å². The fourth-order valence-electron chi connectivity index (χ4n) is 4.20. The maximum absolute atomic E-state index is 5.99. The van der Waals surface area contributed by atoms with Crippen LogP contribution in [0.25, 0.3) is 0 Å². The minimum Gasteiger partial charge on any atom is -0.330 e. The predicted molar refractivity (Wildman–Crippen MR) is 104 cm³/mol. The van der Waals surface area contributed by atoms with Crippen molar-refractivity contribution >= 4 is 0 Å². The lowest BCUT2D eigenvalue weighted by molar-refractivity contribution is 0.454. The zero-order chi connectivity index (χ0) is 16.9. The van der Waals surface area contributed by atoms with E-state index in [1.54, 1.807) is 11.1 Å². The van der Waals surface area contributed by atoms with Crippen molar-refractivity contribution in [3.63, 3.8) is 0 Å². The van der Waals surface area contributed by atoms with Crippen molar-refractivity contribution in [2.75, 3.05) is 6.54 Å². The molecule has 1 nitrogen and oxygen atoms in total. The van der Waals surface area contributed by atoms with Crippen LogP contribution >= 0.6 is 0 Å². The standard InChI is InChI=1S/C23H31N/c1-3-6-23(16-24)22-12-11-20-14-18(9-10-21(20)15-22)13-19-8-5-4-7-17(19)2/h4-5,7-8,11-12,15,18,23H,3,6,9-10,13-14,16,24H2,1-2H3. The van der Waals surface area contributed by atoms with E-state index in [0.717, 1.165) is 12.5 Å². The van der Waals surface area contributed by atoms with Crippen LogP contribution in [0.4, 0.5) is 0 Å². The molecule has 3 rings (SSSR count). The first-order valence-corrected chi connectivity index (χ1v) is 9.57. The second-order valence-electron chi connectivity index (χ2n) is 7.49. The average Bonchev–Trinajstić information content (AvgIpc) is 2.61. The summed E-state index contributed by atoms with van der Waals surface area (Å²) in [5.74, 6) is 1.32. The number of hydrogen-bond acceptors (Lipinski definition) is 1. The maximum atomic E-state index is 5.99. The van der Waals surface area contributed by atoms with E-state index in [9.17, 15) is 0 Å². The molecule has 1 heteroatoms. The molecule has 0 spiro atoms. The Labute approximate surface area is 147 Å². The zero-order valence-electron chi connectivity index (χ0n) is 15.2. The number of rotatable bonds is 6. The summed E-state index contributed by atoms with van der Waals surface area (Å²) < 4.78 is 0. The molecular weight excluding hydrogens is 290 g/mol. The molecular formula is C23H31N. The van der Waals surface area contributed by atoms with Crippen LogP contribution in [-0.2, 0) is 19.3 Å². The van der Waals surface area contributed by atoms with Crippen molar-refractivity contribution in [2.45, 2.75) is 58.3 Å². The van der Waals surface area contributed by atoms with Gasteiger partial charge in [0.15, 0.2) is 0 Å². The highest BCUT2D eigenvalue weighted by Gasteiger charge is 2.20. The first-order valence-electron chi connectivity index (χ1n) is 9.57. The normalized spacial score (nSPS) is 18.2. The number of aryl methyl sites for hydroxylation is 2. The SMILES string of the molecule is CCCC(CN)c1ccc2c(c1)CCC(Cc1ccccc1C)C2. The highest BCUT2D eigenvalue weighted by atomic mass is 14.5. The van der Waals surface area contributed by atoms with Gasteiger partial charge in [-0.25, -0.2) is 0 Å². The lowest BCUT2D eigenvalue weighted by Crippen LogP contribution is -2.18. The van der Waals surface area contributed by atoms with Crippen LogP contribution in [-0.4, -0.2) is 6.54 Å². The molecule has 2 aromatic carbocycles. The van der Waals surface area contributed by atoms with E-state index in [4.69, 9.17) is 5.73 Å².